The van der Waals surface area contributed by atoms with Gasteiger partial charge in [0, 0.05) is 11.3 Å². The molecule has 0 fully saturated rings. The van der Waals surface area contributed by atoms with E-state index in [4.69, 9.17) is 14.7 Å². The summed E-state index contributed by atoms with van der Waals surface area (Å²) in [4.78, 5) is 14.2. The summed E-state index contributed by atoms with van der Waals surface area (Å²) in [5, 5.41) is 8.95. The van der Waals surface area contributed by atoms with Crippen LogP contribution in [-0.4, -0.2) is 19.2 Å². The standard InChI is InChI=1S/C15H14N2O3/c1-9-12(6-11(8-16)15(18)17-9)10-4-5-13(19-2)14(7-10)20-3/h4-7H,1-3H3,(H,17,18). The number of rotatable bonds is 3. The molecule has 1 heterocycles. The van der Waals surface area contributed by atoms with E-state index in [9.17, 15) is 4.79 Å². The van der Waals surface area contributed by atoms with Crippen LogP contribution in [-0.2, 0) is 0 Å². The fourth-order valence-electron chi connectivity index (χ4n) is 2.01. The summed E-state index contributed by atoms with van der Waals surface area (Å²) in [7, 11) is 3.12. The minimum atomic E-state index is -0.380. The van der Waals surface area contributed by atoms with Crippen LogP contribution in [0.5, 0.6) is 11.5 Å². The van der Waals surface area contributed by atoms with Gasteiger partial charge in [0.25, 0.3) is 5.56 Å². The molecule has 0 aliphatic carbocycles. The topological polar surface area (TPSA) is 75.1 Å². The van der Waals surface area contributed by atoms with Gasteiger partial charge in [0.2, 0.25) is 0 Å². The molecule has 0 amide bonds. The Morgan fingerprint density at radius 2 is 1.85 bits per heavy atom. The van der Waals surface area contributed by atoms with E-state index >= 15 is 0 Å². The molecule has 0 radical (unpaired) electrons. The van der Waals surface area contributed by atoms with Gasteiger partial charge >= 0.3 is 0 Å². The minimum absolute atomic E-state index is 0.0837. The SMILES string of the molecule is COc1ccc(-c2cc(C#N)c(=O)[nH]c2C)cc1OC. The fraction of sp³-hybridized carbons (Fsp3) is 0.200. The number of aromatic nitrogens is 1. The highest BCUT2D eigenvalue weighted by atomic mass is 16.5. The smallest absolute Gasteiger partial charge is 0.266 e. The van der Waals surface area contributed by atoms with Gasteiger partial charge in [-0.25, -0.2) is 0 Å². The lowest BCUT2D eigenvalue weighted by Gasteiger charge is -2.11. The van der Waals surface area contributed by atoms with Crippen LogP contribution in [0, 0.1) is 18.3 Å². The molecule has 0 saturated heterocycles. The van der Waals surface area contributed by atoms with Gasteiger partial charge in [0.05, 0.1) is 14.2 Å². The van der Waals surface area contributed by atoms with E-state index in [1.165, 1.54) is 0 Å². The van der Waals surface area contributed by atoms with Crippen molar-refractivity contribution in [1.29, 1.82) is 5.26 Å². The van der Waals surface area contributed by atoms with Crippen LogP contribution in [0.1, 0.15) is 11.3 Å². The number of hydrogen-bond acceptors (Lipinski definition) is 4. The largest absolute Gasteiger partial charge is 0.493 e. The second kappa shape index (κ2) is 5.49. The van der Waals surface area contributed by atoms with Crippen molar-refractivity contribution in [1.82, 2.24) is 4.98 Å². The van der Waals surface area contributed by atoms with E-state index in [2.05, 4.69) is 4.98 Å². The van der Waals surface area contributed by atoms with Crippen molar-refractivity contribution in [3.05, 3.63) is 45.9 Å². The van der Waals surface area contributed by atoms with Crippen LogP contribution in [0.3, 0.4) is 0 Å². The normalized spacial score (nSPS) is 9.90. The quantitative estimate of drug-likeness (QED) is 0.928. The van der Waals surface area contributed by atoms with Crippen molar-refractivity contribution in [3.63, 3.8) is 0 Å². The molecule has 0 aliphatic rings. The van der Waals surface area contributed by atoms with E-state index in [-0.39, 0.29) is 11.1 Å². The molecule has 0 spiro atoms. The minimum Gasteiger partial charge on any atom is -0.493 e. The predicted octanol–water partition coefficient (Wildman–Crippen LogP) is 2.24. The van der Waals surface area contributed by atoms with Gasteiger partial charge in [-0.15, -0.1) is 0 Å². The van der Waals surface area contributed by atoms with Crippen LogP contribution < -0.4 is 15.0 Å². The summed E-state index contributed by atoms with van der Waals surface area (Å²) in [6.07, 6.45) is 0. The Balaban J connectivity index is 2.63. The molecule has 102 valence electrons. The molecule has 5 heteroatoms. The molecular formula is C15H14N2O3. The number of nitrogens with one attached hydrogen (secondary N) is 1. The van der Waals surface area contributed by atoms with E-state index in [1.807, 2.05) is 12.1 Å². The zero-order chi connectivity index (χ0) is 14.7. The molecule has 1 aromatic heterocycles. The van der Waals surface area contributed by atoms with Crippen LogP contribution in [0.2, 0.25) is 0 Å². The number of benzene rings is 1. The van der Waals surface area contributed by atoms with Gasteiger partial charge in [-0.3, -0.25) is 4.79 Å². The molecule has 2 rings (SSSR count). The second-order valence-corrected chi connectivity index (χ2v) is 4.23. The summed E-state index contributed by atoms with van der Waals surface area (Å²) in [5.41, 5.74) is 2.02. The predicted molar refractivity (Wildman–Crippen MR) is 75.1 cm³/mol. The van der Waals surface area contributed by atoms with E-state index in [0.717, 1.165) is 11.1 Å². The molecule has 0 saturated carbocycles. The molecule has 0 bridgehead atoms. The van der Waals surface area contributed by atoms with E-state index in [1.54, 1.807) is 39.3 Å². The number of aryl methyl sites for hydroxylation is 1. The molecular weight excluding hydrogens is 256 g/mol. The first-order chi connectivity index (χ1) is 9.60. The van der Waals surface area contributed by atoms with Crippen LogP contribution in [0.25, 0.3) is 11.1 Å². The molecule has 5 nitrogen and oxygen atoms in total. The van der Waals surface area contributed by atoms with Crippen LogP contribution in [0.4, 0.5) is 0 Å². The number of pyridine rings is 1. The molecule has 1 aromatic carbocycles. The highest BCUT2D eigenvalue weighted by Gasteiger charge is 2.10. The molecule has 1 N–H and O–H groups in total. The number of nitriles is 1. The Hall–Kier alpha value is -2.74. The maximum absolute atomic E-state index is 11.6. The maximum atomic E-state index is 11.6. The number of hydrogen-bond donors (Lipinski definition) is 1. The van der Waals surface area contributed by atoms with Gasteiger partial charge in [-0.05, 0) is 30.7 Å². The maximum Gasteiger partial charge on any atom is 0.266 e. The Morgan fingerprint density at radius 1 is 1.15 bits per heavy atom. The Bertz CT molecular complexity index is 742. The lowest BCUT2D eigenvalue weighted by Crippen LogP contribution is -2.11. The van der Waals surface area contributed by atoms with Crippen molar-refractivity contribution < 1.29 is 9.47 Å². The average molecular weight is 270 g/mol. The third-order valence-corrected chi connectivity index (χ3v) is 3.05. The van der Waals surface area contributed by atoms with Gasteiger partial charge in [-0.1, -0.05) is 6.07 Å². The van der Waals surface area contributed by atoms with Crippen molar-refractivity contribution in [2.45, 2.75) is 6.92 Å². The first-order valence-electron chi connectivity index (χ1n) is 5.97. The Labute approximate surface area is 116 Å². The summed E-state index contributed by atoms with van der Waals surface area (Å²) in [5.74, 6) is 1.22. The second-order valence-electron chi connectivity index (χ2n) is 4.23. The number of ether oxygens (including phenoxy) is 2. The van der Waals surface area contributed by atoms with Gasteiger partial charge in [0.15, 0.2) is 11.5 Å². The fourth-order valence-corrected chi connectivity index (χ4v) is 2.01. The van der Waals surface area contributed by atoms with Gasteiger partial charge < -0.3 is 14.5 Å². The first-order valence-corrected chi connectivity index (χ1v) is 5.97. The highest BCUT2D eigenvalue weighted by molar-refractivity contribution is 5.70. The molecule has 0 aliphatic heterocycles. The first kappa shape index (κ1) is 13.7. The average Bonchev–Trinajstić information content (AvgIpc) is 2.46. The summed E-state index contributed by atoms with van der Waals surface area (Å²) in [6.45, 7) is 1.79. The molecule has 20 heavy (non-hydrogen) atoms. The van der Waals surface area contributed by atoms with Crippen molar-refractivity contribution >= 4 is 0 Å². The zero-order valence-electron chi connectivity index (χ0n) is 11.5. The molecule has 0 atom stereocenters. The zero-order valence-corrected chi connectivity index (χ0v) is 11.5. The van der Waals surface area contributed by atoms with E-state index in [0.29, 0.717) is 17.2 Å². The lowest BCUT2D eigenvalue weighted by molar-refractivity contribution is 0.355. The van der Waals surface area contributed by atoms with Crippen molar-refractivity contribution in [2.75, 3.05) is 14.2 Å². The third kappa shape index (κ3) is 2.36. The number of methoxy groups -OCH3 is 2. The van der Waals surface area contributed by atoms with Crippen molar-refractivity contribution in [3.8, 4) is 28.7 Å². The highest BCUT2D eigenvalue weighted by Crippen LogP contribution is 2.33. The lowest BCUT2D eigenvalue weighted by atomic mass is 10.0. The van der Waals surface area contributed by atoms with Crippen molar-refractivity contribution in [2.24, 2.45) is 0 Å². The summed E-state index contributed by atoms with van der Waals surface area (Å²) < 4.78 is 10.4. The summed E-state index contributed by atoms with van der Waals surface area (Å²) in [6, 6.07) is 8.90. The van der Waals surface area contributed by atoms with Gasteiger partial charge in [-0.2, -0.15) is 5.26 Å². The Kier molecular flexibility index (Phi) is 3.76. The summed E-state index contributed by atoms with van der Waals surface area (Å²) >= 11 is 0. The number of aromatic amines is 1. The van der Waals surface area contributed by atoms with Crippen LogP contribution >= 0.6 is 0 Å². The third-order valence-electron chi connectivity index (χ3n) is 3.05. The monoisotopic (exact) mass is 270 g/mol. The van der Waals surface area contributed by atoms with Crippen LogP contribution in [0.15, 0.2) is 29.1 Å². The van der Waals surface area contributed by atoms with E-state index < -0.39 is 0 Å². The number of H-pyrrole nitrogens is 1. The van der Waals surface area contributed by atoms with Gasteiger partial charge in [0.1, 0.15) is 11.6 Å². The molecule has 0 unspecified atom stereocenters. The Morgan fingerprint density at radius 3 is 2.45 bits per heavy atom. The molecule has 2 aromatic rings. The number of nitrogens with zero attached hydrogens (tertiary/aromatic N) is 1.